The molecule has 1 saturated carbocycles. The van der Waals surface area contributed by atoms with Gasteiger partial charge in [0.1, 0.15) is 17.5 Å². The largest absolute Gasteiger partial charge is 0.497 e. The number of methoxy groups -OCH3 is 1. The second-order valence-corrected chi connectivity index (χ2v) is 12.1. The van der Waals surface area contributed by atoms with Crippen LogP contribution in [0.1, 0.15) is 67.4 Å². The zero-order valence-electron chi connectivity index (χ0n) is 26.1. The monoisotopic (exact) mass is 627 g/mol. The number of ether oxygens (including phenoxy) is 1. The van der Waals surface area contributed by atoms with E-state index in [1.54, 1.807) is 43.5 Å². The first-order valence-corrected chi connectivity index (χ1v) is 16.0. The molecule has 0 bridgehead atoms. The number of carbonyl (C=O) groups excluding carboxylic acids is 5. The van der Waals surface area contributed by atoms with Gasteiger partial charge in [0.25, 0.3) is 11.8 Å². The molecule has 1 aromatic heterocycles. The lowest BCUT2D eigenvalue weighted by molar-refractivity contribution is -0.141. The first-order valence-electron chi connectivity index (χ1n) is 16.0. The average Bonchev–Trinajstić information content (AvgIpc) is 3.50. The summed E-state index contributed by atoms with van der Waals surface area (Å²) in [5.41, 5.74) is 1.59. The van der Waals surface area contributed by atoms with Crippen molar-refractivity contribution in [2.24, 2.45) is 11.8 Å². The summed E-state index contributed by atoms with van der Waals surface area (Å²) in [6.07, 6.45) is 5.95. The van der Waals surface area contributed by atoms with Gasteiger partial charge in [-0.25, -0.2) is 4.98 Å². The van der Waals surface area contributed by atoms with E-state index in [1.807, 2.05) is 24.3 Å². The lowest BCUT2D eigenvalue weighted by atomic mass is 9.84. The van der Waals surface area contributed by atoms with Crippen LogP contribution in [-0.2, 0) is 25.7 Å². The number of rotatable bonds is 13. The fourth-order valence-corrected chi connectivity index (χ4v) is 6.24. The highest BCUT2D eigenvalue weighted by Gasteiger charge is 2.36. The number of carbonyl (C=O) groups is 5. The summed E-state index contributed by atoms with van der Waals surface area (Å²) in [5.74, 6) is -2.66. The molecule has 1 saturated heterocycles. The number of fused-ring (bicyclic) bond motifs is 1. The Morgan fingerprint density at radius 3 is 2.37 bits per heavy atom. The highest BCUT2D eigenvalue weighted by Crippen LogP contribution is 2.28. The third kappa shape index (κ3) is 8.47. The van der Waals surface area contributed by atoms with Crippen LogP contribution in [0.25, 0.3) is 10.9 Å². The van der Waals surface area contributed by atoms with Crippen LogP contribution in [-0.4, -0.2) is 60.1 Å². The Labute approximate surface area is 268 Å². The maximum Gasteiger partial charge on any atom is 0.289 e. The van der Waals surface area contributed by atoms with Crippen molar-refractivity contribution in [2.45, 2.75) is 70.0 Å². The number of para-hydroxylation sites is 1. The molecule has 11 nitrogen and oxygen atoms in total. The zero-order chi connectivity index (χ0) is 32.5. The van der Waals surface area contributed by atoms with Crippen molar-refractivity contribution in [3.63, 3.8) is 0 Å². The van der Waals surface area contributed by atoms with Crippen LogP contribution < -0.4 is 26.0 Å². The molecule has 0 radical (unpaired) electrons. The molecule has 0 spiro atoms. The topological polar surface area (TPSA) is 156 Å². The van der Waals surface area contributed by atoms with Crippen LogP contribution >= 0.6 is 0 Å². The lowest BCUT2D eigenvalue weighted by Gasteiger charge is -2.28. The van der Waals surface area contributed by atoms with Gasteiger partial charge in [-0.3, -0.25) is 24.0 Å². The normalized spacial score (nSPS) is 17.8. The van der Waals surface area contributed by atoms with E-state index >= 15 is 0 Å². The Balaban J connectivity index is 1.31. The summed E-state index contributed by atoms with van der Waals surface area (Å²) in [4.78, 5) is 70.8. The molecular weight excluding hydrogens is 586 g/mol. The summed E-state index contributed by atoms with van der Waals surface area (Å²) in [6, 6.07) is 15.7. The summed E-state index contributed by atoms with van der Waals surface area (Å²) >= 11 is 0. The van der Waals surface area contributed by atoms with Crippen LogP contribution in [0, 0.1) is 11.8 Å². The number of aromatic nitrogens is 1. The number of nitrogens with zero attached hydrogens (tertiary/aromatic N) is 1. The summed E-state index contributed by atoms with van der Waals surface area (Å²) in [5, 5.41) is 11.9. The maximum atomic E-state index is 13.9. The first kappa shape index (κ1) is 32.6. The van der Waals surface area contributed by atoms with E-state index < -0.39 is 41.5 Å². The Kier molecular flexibility index (Phi) is 11.0. The second kappa shape index (κ2) is 15.5. The van der Waals surface area contributed by atoms with E-state index in [2.05, 4.69) is 26.3 Å². The Bertz CT molecular complexity index is 1570. The van der Waals surface area contributed by atoms with Crippen molar-refractivity contribution < 1.29 is 28.7 Å². The summed E-state index contributed by atoms with van der Waals surface area (Å²) < 4.78 is 5.16. The van der Waals surface area contributed by atoms with Gasteiger partial charge < -0.3 is 26.0 Å². The van der Waals surface area contributed by atoms with Gasteiger partial charge in [-0.15, -0.1) is 0 Å². The Morgan fingerprint density at radius 2 is 1.65 bits per heavy atom. The predicted octanol–water partition coefficient (Wildman–Crippen LogP) is 3.21. The van der Waals surface area contributed by atoms with Gasteiger partial charge in [0.2, 0.25) is 17.6 Å². The maximum absolute atomic E-state index is 13.9. The van der Waals surface area contributed by atoms with E-state index in [0.717, 1.165) is 43.1 Å². The molecule has 1 aliphatic carbocycles. The highest BCUT2D eigenvalue weighted by atomic mass is 16.5. The Hall–Kier alpha value is -4.80. The summed E-state index contributed by atoms with van der Waals surface area (Å²) in [6.45, 7) is 0.555. The number of hydrogen-bond acceptors (Lipinski definition) is 7. The number of pyridine rings is 1. The van der Waals surface area contributed by atoms with Crippen LogP contribution in [0.5, 0.6) is 5.75 Å². The van der Waals surface area contributed by atoms with Gasteiger partial charge in [-0.1, -0.05) is 68.5 Å². The fourth-order valence-electron chi connectivity index (χ4n) is 6.24. The number of benzene rings is 2. The molecule has 2 aliphatic rings. The van der Waals surface area contributed by atoms with Crippen molar-refractivity contribution in [3.05, 3.63) is 71.9 Å². The van der Waals surface area contributed by atoms with Crippen molar-refractivity contribution in [3.8, 4) is 5.75 Å². The molecule has 242 valence electrons. The average molecular weight is 628 g/mol. The van der Waals surface area contributed by atoms with Crippen molar-refractivity contribution in [1.29, 1.82) is 0 Å². The van der Waals surface area contributed by atoms with E-state index in [4.69, 9.17) is 4.74 Å². The van der Waals surface area contributed by atoms with Gasteiger partial charge >= 0.3 is 0 Å². The highest BCUT2D eigenvalue weighted by molar-refractivity contribution is 6.38. The number of nitrogens with one attached hydrogen (secondary N) is 4. The van der Waals surface area contributed by atoms with Crippen molar-refractivity contribution in [2.75, 3.05) is 13.7 Å². The molecule has 4 N–H and O–H groups in total. The third-order valence-electron chi connectivity index (χ3n) is 8.90. The molecule has 5 rings (SSSR count). The minimum Gasteiger partial charge on any atom is -0.497 e. The number of Topliss-reactive ketones (excluding diaryl/α,β-unsaturated/α-hetero) is 1. The number of ketones is 1. The third-order valence-corrected chi connectivity index (χ3v) is 8.90. The predicted molar refractivity (Wildman–Crippen MR) is 172 cm³/mol. The van der Waals surface area contributed by atoms with Gasteiger partial charge in [-0.2, -0.15) is 0 Å². The first-order chi connectivity index (χ1) is 22.3. The molecule has 46 heavy (non-hydrogen) atoms. The lowest BCUT2D eigenvalue weighted by Crippen LogP contribution is -2.55. The van der Waals surface area contributed by atoms with Crippen LogP contribution in [0.2, 0.25) is 0 Å². The van der Waals surface area contributed by atoms with Crippen molar-refractivity contribution in [1.82, 2.24) is 26.3 Å². The van der Waals surface area contributed by atoms with E-state index in [0.29, 0.717) is 30.7 Å². The Morgan fingerprint density at radius 1 is 0.891 bits per heavy atom. The van der Waals surface area contributed by atoms with Gasteiger partial charge in [0.15, 0.2) is 0 Å². The minimum atomic E-state index is -1.25. The quantitative estimate of drug-likeness (QED) is 0.212. The van der Waals surface area contributed by atoms with Crippen LogP contribution in [0.4, 0.5) is 0 Å². The van der Waals surface area contributed by atoms with E-state index in [-0.39, 0.29) is 30.5 Å². The number of amides is 4. The van der Waals surface area contributed by atoms with Gasteiger partial charge in [0.05, 0.1) is 18.7 Å². The van der Waals surface area contributed by atoms with Crippen LogP contribution in [0.3, 0.4) is 0 Å². The molecule has 0 unspecified atom stereocenters. The zero-order valence-corrected chi connectivity index (χ0v) is 26.1. The summed E-state index contributed by atoms with van der Waals surface area (Å²) in [7, 11) is 1.56. The minimum absolute atomic E-state index is 0.0251. The molecule has 2 heterocycles. The molecule has 2 aromatic carbocycles. The molecule has 4 amide bonds. The van der Waals surface area contributed by atoms with Crippen LogP contribution in [0.15, 0.2) is 60.7 Å². The fraction of sp³-hybridized carbons (Fsp3) is 0.429. The molecule has 11 heteroatoms. The standard InChI is InChI=1S/C35H41N5O6/c1-46-26-14-11-23(12-15-26)21-37-35(45)31(41)29(20-25-17-18-36-32(25)42)39-34(44)30(19-22-7-3-2-4-8-22)40-33(43)28-16-13-24-9-5-6-10-27(24)38-28/h5-6,9-16,22,25,29-30H,2-4,7-8,17-21H2,1H3,(H,36,42)(H,37,45)(H,39,44)(H,40,43)/t25-,29-,30-/m0/s1. The molecule has 2 fully saturated rings. The smallest absolute Gasteiger partial charge is 0.289 e. The molecule has 3 aromatic rings. The molecule has 1 aliphatic heterocycles. The van der Waals surface area contributed by atoms with Crippen molar-refractivity contribution >= 4 is 40.3 Å². The second-order valence-electron chi connectivity index (χ2n) is 12.1. The van der Waals surface area contributed by atoms with E-state index in [9.17, 15) is 24.0 Å². The van der Waals surface area contributed by atoms with Gasteiger partial charge in [0, 0.05) is 24.4 Å². The molecular formula is C35H41N5O6. The molecule has 3 atom stereocenters. The van der Waals surface area contributed by atoms with E-state index in [1.165, 1.54) is 0 Å². The number of hydrogen-bond donors (Lipinski definition) is 4. The van der Waals surface area contributed by atoms with Gasteiger partial charge in [-0.05, 0) is 55.0 Å². The SMILES string of the molecule is COc1ccc(CNC(=O)C(=O)[C@H](C[C@@H]2CCNC2=O)NC(=O)[C@H](CC2CCCCC2)NC(=O)c2ccc3ccccc3n2)cc1.